The van der Waals surface area contributed by atoms with Crippen LogP contribution in [0.4, 0.5) is 13.2 Å². The quantitative estimate of drug-likeness (QED) is 0.640. The summed E-state index contributed by atoms with van der Waals surface area (Å²) in [6.45, 7) is 0. The van der Waals surface area contributed by atoms with Crippen molar-refractivity contribution in [1.82, 2.24) is 14.8 Å². The molecule has 1 aromatic carbocycles. The van der Waals surface area contributed by atoms with Crippen molar-refractivity contribution < 1.29 is 17.9 Å². The minimum Gasteiger partial charge on any atom is -0.406 e. The highest BCUT2D eigenvalue weighted by Gasteiger charge is 2.31. The van der Waals surface area contributed by atoms with E-state index in [0.29, 0.717) is 16.9 Å². The van der Waals surface area contributed by atoms with Crippen molar-refractivity contribution in [3.63, 3.8) is 0 Å². The van der Waals surface area contributed by atoms with Crippen molar-refractivity contribution in [2.75, 3.05) is 0 Å². The van der Waals surface area contributed by atoms with Crippen LogP contribution < -0.4 is 4.74 Å². The zero-order valence-corrected chi connectivity index (χ0v) is 13.2. The van der Waals surface area contributed by atoms with Gasteiger partial charge in [0.05, 0.1) is 17.4 Å². The smallest absolute Gasteiger partial charge is 0.406 e. The van der Waals surface area contributed by atoms with Gasteiger partial charge in [0.1, 0.15) is 16.6 Å². The SMILES string of the molecule is FC(F)(F)Oc1ccc(-n2ncc(C#Cc3ccccn3)c2Cl)cc1. The Kier molecular flexibility index (Phi) is 4.63. The number of nitrogens with zero attached hydrogens (tertiary/aromatic N) is 3. The number of ether oxygens (including phenoxy) is 1. The Hall–Kier alpha value is -2.98. The number of aromatic nitrogens is 3. The van der Waals surface area contributed by atoms with Crippen LogP contribution in [0.15, 0.2) is 54.9 Å². The minimum atomic E-state index is -4.74. The first kappa shape index (κ1) is 16.9. The van der Waals surface area contributed by atoms with Crippen molar-refractivity contribution in [1.29, 1.82) is 0 Å². The molecule has 0 aliphatic heterocycles. The number of benzene rings is 1. The summed E-state index contributed by atoms with van der Waals surface area (Å²) in [6, 6.07) is 10.5. The molecule has 8 heteroatoms. The van der Waals surface area contributed by atoms with E-state index < -0.39 is 6.36 Å². The second-order valence-electron chi connectivity index (χ2n) is 4.77. The molecule has 0 spiro atoms. The number of alkyl halides is 3. The monoisotopic (exact) mass is 363 g/mol. The van der Waals surface area contributed by atoms with Crippen LogP contribution >= 0.6 is 11.6 Å². The molecule has 3 rings (SSSR count). The summed E-state index contributed by atoms with van der Waals surface area (Å²) in [5.41, 5.74) is 1.54. The summed E-state index contributed by atoms with van der Waals surface area (Å²) in [7, 11) is 0. The molecule has 0 saturated carbocycles. The number of halogens is 4. The molecule has 0 bridgehead atoms. The average molecular weight is 364 g/mol. The van der Waals surface area contributed by atoms with Gasteiger partial charge in [0.15, 0.2) is 0 Å². The molecule has 4 nitrogen and oxygen atoms in total. The largest absolute Gasteiger partial charge is 0.573 e. The van der Waals surface area contributed by atoms with Gasteiger partial charge < -0.3 is 4.74 Å². The van der Waals surface area contributed by atoms with Crippen LogP contribution in [-0.4, -0.2) is 21.1 Å². The highest BCUT2D eigenvalue weighted by molar-refractivity contribution is 6.31. The van der Waals surface area contributed by atoms with Crippen LogP contribution in [0.25, 0.3) is 5.69 Å². The predicted octanol–water partition coefficient (Wildman–Crippen LogP) is 4.22. The summed E-state index contributed by atoms with van der Waals surface area (Å²) in [6.07, 6.45) is -1.64. The number of hydrogen-bond donors (Lipinski definition) is 0. The third kappa shape index (κ3) is 4.31. The molecule has 2 heterocycles. The zero-order chi connectivity index (χ0) is 17.9. The third-order valence-corrected chi connectivity index (χ3v) is 3.38. The molecule has 0 radical (unpaired) electrons. The fourth-order valence-corrected chi connectivity index (χ4v) is 2.19. The van der Waals surface area contributed by atoms with E-state index in [9.17, 15) is 13.2 Å². The van der Waals surface area contributed by atoms with Gasteiger partial charge in [0.2, 0.25) is 0 Å². The van der Waals surface area contributed by atoms with Gasteiger partial charge in [0, 0.05) is 6.20 Å². The highest BCUT2D eigenvalue weighted by Crippen LogP contribution is 2.25. The molecule has 126 valence electrons. The van der Waals surface area contributed by atoms with Crippen LogP contribution in [0.5, 0.6) is 5.75 Å². The van der Waals surface area contributed by atoms with E-state index in [-0.39, 0.29) is 10.9 Å². The fraction of sp³-hybridized carbons (Fsp3) is 0.0588. The van der Waals surface area contributed by atoms with Gasteiger partial charge in [-0.05, 0) is 42.3 Å². The van der Waals surface area contributed by atoms with Crippen LogP contribution in [0, 0.1) is 11.8 Å². The van der Waals surface area contributed by atoms with E-state index in [2.05, 4.69) is 26.7 Å². The van der Waals surface area contributed by atoms with Crippen molar-refractivity contribution in [3.05, 3.63) is 71.3 Å². The van der Waals surface area contributed by atoms with Gasteiger partial charge in [-0.25, -0.2) is 9.67 Å². The van der Waals surface area contributed by atoms with Crippen molar-refractivity contribution >= 4 is 11.6 Å². The second kappa shape index (κ2) is 6.87. The lowest BCUT2D eigenvalue weighted by Crippen LogP contribution is -2.17. The van der Waals surface area contributed by atoms with E-state index >= 15 is 0 Å². The standard InChI is InChI=1S/C17H9ClF3N3O/c18-16-12(4-5-13-3-1-2-10-22-13)11-23-24(16)14-6-8-15(9-7-14)25-17(19,20)21/h1-3,6-11H. The maximum atomic E-state index is 12.2. The second-order valence-corrected chi connectivity index (χ2v) is 5.13. The average Bonchev–Trinajstić information content (AvgIpc) is 2.94. The van der Waals surface area contributed by atoms with E-state index in [0.717, 1.165) is 0 Å². The molecule has 0 N–H and O–H groups in total. The first-order chi connectivity index (χ1) is 11.9. The molecule has 2 aromatic heterocycles. The Morgan fingerprint density at radius 2 is 1.80 bits per heavy atom. The Bertz CT molecular complexity index is 926. The lowest BCUT2D eigenvalue weighted by atomic mass is 10.3. The molecule has 0 atom stereocenters. The summed E-state index contributed by atoms with van der Waals surface area (Å²) < 4.78 is 41.7. The Morgan fingerprint density at radius 1 is 1.04 bits per heavy atom. The molecule has 0 unspecified atom stereocenters. The lowest BCUT2D eigenvalue weighted by molar-refractivity contribution is -0.274. The highest BCUT2D eigenvalue weighted by atomic mass is 35.5. The molecule has 0 aliphatic rings. The summed E-state index contributed by atoms with van der Waals surface area (Å²) in [4.78, 5) is 4.08. The van der Waals surface area contributed by atoms with Crippen LogP contribution in [0.3, 0.4) is 0 Å². The molecule has 0 aliphatic carbocycles. The van der Waals surface area contributed by atoms with Gasteiger partial charge in [0.25, 0.3) is 0 Å². The van der Waals surface area contributed by atoms with Crippen LogP contribution in [0.2, 0.25) is 5.15 Å². The number of rotatable bonds is 2. The molecule has 0 fully saturated rings. The Balaban J connectivity index is 1.83. The zero-order valence-electron chi connectivity index (χ0n) is 12.5. The Morgan fingerprint density at radius 3 is 2.44 bits per heavy atom. The summed E-state index contributed by atoms with van der Waals surface area (Å²) >= 11 is 6.24. The van der Waals surface area contributed by atoms with Gasteiger partial charge in [-0.15, -0.1) is 13.2 Å². The summed E-state index contributed by atoms with van der Waals surface area (Å²) in [5.74, 6) is 5.39. The third-order valence-electron chi connectivity index (χ3n) is 3.02. The molecular weight excluding hydrogens is 355 g/mol. The fourth-order valence-electron chi connectivity index (χ4n) is 1.95. The first-order valence-corrected chi connectivity index (χ1v) is 7.33. The molecule has 3 aromatic rings. The molecule has 0 saturated heterocycles. The molecular formula is C17H9ClF3N3O. The van der Waals surface area contributed by atoms with E-state index in [1.807, 2.05) is 6.07 Å². The van der Waals surface area contributed by atoms with Gasteiger partial charge >= 0.3 is 6.36 Å². The molecule has 0 amide bonds. The van der Waals surface area contributed by atoms with Crippen molar-refractivity contribution in [2.45, 2.75) is 6.36 Å². The molecule has 25 heavy (non-hydrogen) atoms. The van der Waals surface area contributed by atoms with Gasteiger partial charge in [-0.3, -0.25) is 0 Å². The first-order valence-electron chi connectivity index (χ1n) is 6.95. The van der Waals surface area contributed by atoms with Crippen molar-refractivity contribution in [3.8, 4) is 23.3 Å². The minimum absolute atomic E-state index is 0.243. The maximum absolute atomic E-state index is 12.2. The van der Waals surface area contributed by atoms with Crippen LogP contribution in [-0.2, 0) is 0 Å². The number of hydrogen-bond acceptors (Lipinski definition) is 3. The normalized spacial score (nSPS) is 10.9. The number of pyridine rings is 1. The van der Waals surface area contributed by atoms with Gasteiger partial charge in [-0.1, -0.05) is 23.6 Å². The van der Waals surface area contributed by atoms with E-state index in [1.165, 1.54) is 35.1 Å². The predicted molar refractivity (Wildman–Crippen MR) is 85.5 cm³/mol. The summed E-state index contributed by atoms with van der Waals surface area (Å²) in [5, 5.41) is 4.34. The maximum Gasteiger partial charge on any atom is 0.573 e. The van der Waals surface area contributed by atoms with E-state index in [4.69, 9.17) is 11.6 Å². The van der Waals surface area contributed by atoms with Crippen molar-refractivity contribution in [2.24, 2.45) is 0 Å². The van der Waals surface area contributed by atoms with Gasteiger partial charge in [-0.2, -0.15) is 5.10 Å². The van der Waals surface area contributed by atoms with E-state index in [1.54, 1.807) is 18.3 Å². The lowest BCUT2D eigenvalue weighted by Gasteiger charge is -2.09. The topological polar surface area (TPSA) is 39.9 Å². The van der Waals surface area contributed by atoms with Crippen LogP contribution in [0.1, 0.15) is 11.3 Å². The Labute approximate surface area is 145 Å².